The molecule has 108 valence electrons. The molecule has 0 bridgehead atoms. The SMILES string of the molecule is CCCNCc1occc1CN1CCCC1C(C)C. The van der Waals surface area contributed by atoms with E-state index >= 15 is 0 Å². The fraction of sp³-hybridized carbons (Fsp3) is 0.750. The number of nitrogens with one attached hydrogen (secondary N) is 1. The predicted octanol–water partition coefficient (Wildman–Crippen LogP) is 3.40. The Morgan fingerprint density at radius 2 is 2.32 bits per heavy atom. The van der Waals surface area contributed by atoms with Crippen LogP contribution >= 0.6 is 0 Å². The summed E-state index contributed by atoms with van der Waals surface area (Å²) in [5.74, 6) is 1.86. The molecule has 0 aliphatic carbocycles. The summed E-state index contributed by atoms with van der Waals surface area (Å²) in [7, 11) is 0. The van der Waals surface area contributed by atoms with Crippen molar-refractivity contribution < 1.29 is 4.42 Å². The third-order valence-corrected chi connectivity index (χ3v) is 4.11. The molecule has 0 spiro atoms. The molecule has 0 saturated carbocycles. The molecule has 2 rings (SSSR count). The quantitative estimate of drug-likeness (QED) is 0.765. The van der Waals surface area contributed by atoms with Crippen LogP contribution < -0.4 is 5.32 Å². The molecule has 1 atom stereocenters. The van der Waals surface area contributed by atoms with E-state index in [4.69, 9.17) is 4.42 Å². The third-order valence-electron chi connectivity index (χ3n) is 4.11. The van der Waals surface area contributed by atoms with Crippen LogP contribution in [0.5, 0.6) is 0 Å². The Bertz CT molecular complexity index is 373. The first kappa shape index (κ1) is 14.6. The van der Waals surface area contributed by atoms with Crippen molar-refractivity contribution >= 4 is 0 Å². The van der Waals surface area contributed by atoms with Crippen LogP contribution in [-0.2, 0) is 13.1 Å². The van der Waals surface area contributed by atoms with Crippen LogP contribution in [0.2, 0.25) is 0 Å². The first-order valence-corrected chi connectivity index (χ1v) is 7.72. The van der Waals surface area contributed by atoms with E-state index in [-0.39, 0.29) is 0 Å². The van der Waals surface area contributed by atoms with Gasteiger partial charge in [-0.05, 0) is 44.3 Å². The van der Waals surface area contributed by atoms with E-state index in [1.54, 1.807) is 0 Å². The Hall–Kier alpha value is -0.800. The monoisotopic (exact) mass is 264 g/mol. The van der Waals surface area contributed by atoms with E-state index in [1.165, 1.54) is 24.9 Å². The molecular weight excluding hydrogens is 236 g/mol. The van der Waals surface area contributed by atoms with Gasteiger partial charge >= 0.3 is 0 Å². The highest BCUT2D eigenvalue weighted by molar-refractivity contribution is 5.17. The molecule has 1 N–H and O–H groups in total. The van der Waals surface area contributed by atoms with E-state index in [9.17, 15) is 0 Å². The molecular formula is C16H28N2O. The maximum Gasteiger partial charge on any atom is 0.122 e. The summed E-state index contributed by atoms with van der Waals surface area (Å²) in [6.07, 6.45) is 5.68. The van der Waals surface area contributed by atoms with Gasteiger partial charge in [0.1, 0.15) is 5.76 Å². The van der Waals surface area contributed by atoms with Gasteiger partial charge in [0.05, 0.1) is 12.8 Å². The Balaban J connectivity index is 1.93. The van der Waals surface area contributed by atoms with Crippen molar-refractivity contribution in [2.45, 2.75) is 59.2 Å². The highest BCUT2D eigenvalue weighted by Gasteiger charge is 2.27. The van der Waals surface area contributed by atoms with Gasteiger partial charge in [0.25, 0.3) is 0 Å². The largest absolute Gasteiger partial charge is 0.468 e. The minimum Gasteiger partial charge on any atom is -0.468 e. The molecule has 0 aromatic carbocycles. The van der Waals surface area contributed by atoms with Gasteiger partial charge in [-0.1, -0.05) is 20.8 Å². The minimum absolute atomic E-state index is 0.742. The summed E-state index contributed by atoms with van der Waals surface area (Å²) in [5, 5.41) is 3.42. The molecule has 1 saturated heterocycles. The Morgan fingerprint density at radius 1 is 1.47 bits per heavy atom. The van der Waals surface area contributed by atoms with Crippen LogP contribution in [0.4, 0.5) is 0 Å². The molecule has 1 aromatic heterocycles. The second kappa shape index (κ2) is 7.11. The molecule has 1 unspecified atom stereocenters. The van der Waals surface area contributed by atoms with Crippen molar-refractivity contribution in [3.63, 3.8) is 0 Å². The number of likely N-dealkylation sites (tertiary alicyclic amines) is 1. The normalized spacial score (nSPS) is 20.5. The molecule has 1 fully saturated rings. The molecule has 3 nitrogen and oxygen atoms in total. The Kier molecular flexibility index (Phi) is 5.46. The molecule has 1 aliphatic heterocycles. The van der Waals surface area contributed by atoms with Gasteiger partial charge in [-0.3, -0.25) is 4.90 Å². The zero-order valence-corrected chi connectivity index (χ0v) is 12.6. The van der Waals surface area contributed by atoms with Crippen molar-refractivity contribution in [2.24, 2.45) is 5.92 Å². The van der Waals surface area contributed by atoms with Crippen LogP contribution in [0.3, 0.4) is 0 Å². The molecule has 1 aromatic rings. The summed E-state index contributed by atoms with van der Waals surface area (Å²) in [5.41, 5.74) is 1.36. The van der Waals surface area contributed by atoms with E-state index in [0.717, 1.165) is 43.8 Å². The van der Waals surface area contributed by atoms with Crippen molar-refractivity contribution in [3.8, 4) is 0 Å². The van der Waals surface area contributed by atoms with Crippen LogP contribution in [0.25, 0.3) is 0 Å². The predicted molar refractivity (Wildman–Crippen MR) is 79.0 cm³/mol. The Morgan fingerprint density at radius 3 is 3.05 bits per heavy atom. The average molecular weight is 264 g/mol. The number of hydrogen-bond acceptors (Lipinski definition) is 3. The molecule has 19 heavy (non-hydrogen) atoms. The molecule has 2 heterocycles. The summed E-state index contributed by atoms with van der Waals surface area (Å²) >= 11 is 0. The van der Waals surface area contributed by atoms with Gasteiger partial charge in [0.15, 0.2) is 0 Å². The van der Waals surface area contributed by atoms with Crippen molar-refractivity contribution in [1.29, 1.82) is 0 Å². The smallest absolute Gasteiger partial charge is 0.122 e. The highest BCUT2D eigenvalue weighted by atomic mass is 16.3. The lowest BCUT2D eigenvalue weighted by Crippen LogP contribution is -2.33. The van der Waals surface area contributed by atoms with E-state index in [2.05, 4.69) is 37.1 Å². The molecule has 1 aliphatic rings. The van der Waals surface area contributed by atoms with Gasteiger partial charge in [0.2, 0.25) is 0 Å². The highest BCUT2D eigenvalue weighted by Crippen LogP contribution is 2.26. The lowest BCUT2D eigenvalue weighted by atomic mass is 10.0. The van der Waals surface area contributed by atoms with Crippen LogP contribution in [0.15, 0.2) is 16.7 Å². The summed E-state index contributed by atoms with van der Waals surface area (Å²) < 4.78 is 5.63. The molecule has 0 amide bonds. The summed E-state index contributed by atoms with van der Waals surface area (Å²) in [4.78, 5) is 2.62. The zero-order chi connectivity index (χ0) is 13.7. The summed E-state index contributed by atoms with van der Waals surface area (Å²) in [6.45, 7) is 11.0. The third kappa shape index (κ3) is 3.83. The van der Waals surface area contributed by atoms with Crippen molar-refractivity contribution in [1.82, 2.24) is 10.2 Å². The van der Waals surface area contributed by atoms with Gasteiger partial charge in [-0.25, -0.2) is 0 Å². The lowest BCUT2D eigenvalue weighted by Gasteiger charge is -2.27. The maximum atomic E-state index is 5.63. The second-order valence-corrected chi connectivity index (χ2v) is 5.97. The minimum atomic E-state index is 0.742. The standard InChI is InChI=1S/C16H28N2O/c1-4-8-17-11-16-14(7-10-19-16)12-18-9-5-6-15(18)13(2)3/h7,10,13,15,17H,4-6,8-9,11-12H2,1-3H3. The number of furan rings is 1. The van der Waals surface area contributed by atoms with Crippen molar-refractivity contribution in [2.75, 3.05) is 13.1 Å². The van der Waals surface area contributed by atoms with E-state index < -0.39 is 0 Å². The first-order chi connectivity index (χ1) is 9.22. The van der Waals surface area contributed by atoms with Gasteiger partial charge in [0, 0.05) is 18.2 Å². The topological polar surface area (TPSA) is 28.4 Å². The second-order valence-electron chi connectivity index (χ2n) is 5.97. The zero-order valence-electron chi connectivity index (χ0n) is 12.6. The van der Waals surface area contributed by atoms with Crippen LogP contribution in [-0.4, -0.2) is 24.0 Å². The van der Waals surface area contributed by atoms with E-state index in [1.807, 2.05) is 6.26 Å². The van der Waals surface area contributed by atoms with Gasteiger partial charge in [-0.15, -0.1) is 0 Å². The molecule has 0 radical (unpaired) electrons. The van der Waals surface area contributed by atoms with Gasteiger partial charge < -0.3 is 9.73 Å². The Labute approximate surface area is 117 Å². The summed E-state index contributed by atoms with van der Waals surface area (Å²) in [6, 6.07) is 2.88. The maximum absolute atomic E-state index is 5.63. The fourth-order valence-electron chi connectivity index (χ4n) is 3.06. The number of hydrogen-bond donors (Lipinski definition) is 1. The number of rotatable bonds is 7. The first-order valence-electron chi connectivity index (χ1n) is 7.72. The van der Waals surface area contributed by atoms with E-state index in [0.29, 0.717) is 0 Å². The molecule has 3 heteroatoms. The van der Waals surface area contributed by atoms with Gasteiger partial charge in [-0.2, -0.15) is 0 Å². The van der Waals surface area contributed by atoms with Crippen molar-refractivity contribution in [3.05, 3.63) is 23.7 Å². The van der Waals surface area contributed by atoms with Crippen LogP contribution in [0, 0.1) is 5.92 Å². The lowest BCUT2D eigenvalue weighted by molar-refractivity contribution is 0.197. The number of nitrogens with zero attached hydrogens (tertiary/aromatic N) is 1. The van der Waals surface area contributed by atoms with Crippen LogP contribution in [0.1, 0.15) is 51.4 Å². The fourth-order valence-corrected chi connectivity index (χ4v) is 3.06. The average Bonchev–Trinajstić information content (AvgIpc) is 3.00.